The summed E-state index contributed by atoms with van der Waals surface area (Å²) in [5.41, 5.74) is 1.97. The minimum atomic E-state index is -0.291. The summed E-state index contributed by atoms with van der Waals surface area (Å²) in [6.45, 7) is 0. The van der Waals surface area contributed by atoms with E-state index in [1.54, 1.807) is 0 Å². The molecule has 0 fully saturated rings. The standard InChI is InChI=1S/C16H11BrO2S/c1-19-16(18)15-14(10-5-3-2-4-6-10)12-9-11(17)7-8-13(12)20-15/h2-9H,1H3. The summed E-state index contributed by atoms with van der Waals surface area (Å²) < 4.78 is 6.99. The van der Waals surface area contributed by atoms with Crippen molar-refractivity contribution in [2.45, 2.75) is 0 Å². The third kappa shape index (κ3) is 2.25. The number of carbonyl (C=O) groups is 1. The zero-order chi connectivity index (χ0) is 14.1. The molecule has 0 atom stereocenters. The van der Waals surface area contributed by atoms with Gasteiger partial charge in [0.2, 0.25) is 0 Å². The third-order valence-electron chi connectivity index (χ3n) is 3.08. The van der Waals surface area contributed by atoms with Crippen LogP contribution in [-0.2, 0) is 4.74 Å². The highest BCUT2D eigenvalue weighted by molar-refractivity contribution is 9.10. The molecule has 2 aromatic carbocycles. The van der Waals surface area contributed by atoms with Gasteiger partial charge in [-0.25, -0.2) is 4.79 Å². The maximum atomic E-state index is 12.0. The first-order valence-corrected chi connectivity index (χ1v) is 7.67. The average molecular weight is 347 g/mol. The van der Waals surface area contributed by atoms with E-state index >= 15 is 0 Å². The highest BCUT2D eigenvalue weighted by Gasteiger charge is 2.20. The van der Waals surface area contributed by atoms with Gasteiger partial charge in [-0.05, 0) is 23.8 Å². The Labute approximate surface area is 129 Å². The van der Waals surface area contributed by atoms with E-state index < -0.39 is 0 Å². The molecule has 0 saturated heterocycles. The van der Waals surface area contributed by atoms with Gasteiger partial charge in [0.05, 0.1) is 7.11 Å². The zero-order valence-corrected chi connectivity index (χ0v) is 13.1. The molecular formula is C16H11BrO2S. The van der Waals surface area contributed by atoms with E-state index in [4.69, 9.17) is 4.74 Å². The summed E-state index contributed by atoms with van der Waals surface area (Å²) in [7, 11) is 1.41. The molecule has 0 N–H and O–H groups in total. The van der Waals surface area contributed by atoms with E-state index in [2.05, 4.69) is 15.9 Å². The molecule has 0 unspecified atom stereocenters. The minimum absolute atomic E-state index is 0.291. The Morgan fingerprint density at radius 3 is 2.60 bits per heavy atom. The van der Waals surface area contributed by atoms with Gasteiger partial charge >= 0.3 is 5.97 Å². The highest BCUT2D eigenvalue weighted by Crippen LogP contribution is 2.40. The van der Waals surface area contributed by atoms with Crippen LogP contribution in [0.2, 0.25) is 0 Å². The van der Waals surface area contributed by atoms with E-state index in [0.717, 1.165) is 25.7 Å². The largest absolute Gasteiger partial charge is 0.465 e. The van der Waals surface area contributed by atoms with Gasteiger partial charge in [-0.2, -0.15) is 0 Å². The fourth-order valence-corrected chi connectivity index (χ4v) is 3.68. The van der Waals surface area contributed by atoms with Crippen molar-refractivity contribution in [3.05, 3.63) is 57.9 Å². The zero-order valence-electron chi connectivity index (χ0n) is 10.7. The van der Waals surface area contributed by atoms with Crippen LogP contribution in [-0.4, -0.2) is 13.1 Å². The number of halogens is 1. The molecule has 2 nitrogen and oxygen atoms in total. The lowest BCUT2D eigenvalue weighted by Crippen LogP contribution is -1.99. The Kier molecular flexibility index (Phi) is 3.59. The molecule has 20 heavy (non-hydrogen) atoms. The first-order valence-electron chi connectivity index (χ1n) is 6.06. The van der Waals surface area contributed by atoms with Crippen LogP contribution in [0.3, 0.4) is 0 Å². The van der Waals surface area contributed by atoms with Crippen molar-refractivity contribution in [2.75, 3.05) is 7.11 Å². The number of hydrogen-bond donors (Lipinski definition) is 0. The Hall–Kier alpha value is -1.65. The maximum absolute atomic E-state index is 12.0. The second-order valence-electron chi connectivity index (χ2n) is 4.30. The summed E-state index contributed by atoms with van der Waals surface area (Å²) in [4.78, 5) is 12.7. The van der Waals surface area contributed by atoms with E-state index in [1.807, 2.05) is 48.5 Å². The number of thiophene rings is 1. The normalized spacial score (nSPS) is 10.7. The topological polar surface area (TPSA) is 26.3 Å². The number of methoxy groups -OCH3 is 1. The maximum Gasteiger partial charge on any atom is 0.348 e. The van der Waals surface area contributed by atoms with Gasteiger partial charge in [0.15, 0.2) is 0 Å². The predicted octanol–water partition coefficient (Wildman–Crippen LogP) is 5.12. The fourth-order valence-electron chi connectivity index (χ4n) is 2.20. The number of esters is 1. The number of ether oxygens (including phenoxy) is 1. The second kappa shape index (κ2) is 5.38. The van der Waals surface area contributed by atoms with Crippen LogP contribution < -0.4 is 0 Å². The van der Waals surface area contributed by atoms with Crippen molar-refractivity contribution >= 4 is 43.3 Å². The van der Waals surface area contributed by atoms with Gasteiger partial charge in [-0.3, -0.25) is 0 Å². The molecule has 3 rings (SSSR count). The smallest absolute Gasteiger partial charge is 0.348 e. The van der Waals surface area contributed by atoms with E-state index in [1.165, 1.54) is 18.4 Å². The second-order valence-corrected chi connectivity index (χ2v) is 6.27. The van der Waals surface area contributed by atoms with Crippen LogP contribution in [0.25, 0.3) is 21.2 Å². The average Bonchev–Trinajstić information content (AvgIpc) is 2.85. The highest BCUT2D eigenvalue weighted by atomic mass is 79.9. The Balaban J connectivity index is 2.36. The van der Waals surface area contributed by atoms with Crippen LogP contribution in [0.5, 0.6) is 0 Å². The number of benzene rings is 2. The molecule has 1 heterocycles. The summed E-state index contributed by atoms with van der Waals surface area (Å²) in [6.07, 6.45) is 0. The molecule has 0 spiro atoms. The van der Waals surface area contributed by atoms with Gasteiger partial charge < -0.3 is 4.74 Å². The van der Waals surface area contributed by atoms with E-state index in [-0.39, 0.29) is 5.97 Å². The van der Waals surface area contributed by atoms with Gasteiger partial charge in [0.25, 0.3) is 0 Å². The van der Waals surface area contributed by atoms with Crippen LogP contribution in [0, 0.1) is 0 Å². The molecule has 1 aromatic heterocycles. The molecule has 3 aromatic rings. The van der Waals surface area contributed by atoms with Crippen molar-refractivity contribution in [1.82, 2.24) is 0 Å². The van der Waals surface area contributed by atoms with E-state index in [0.29, 0.717) is 4.88 Å². The number of rotatable bonds is 2. The lowest BCUT2D eigenvalue weighted by Gasteiger charge is -2.04. The van der Waals surface area contributed by atoms with E-state index in [9.17, 15) is 4.79 Å². The first kappa shape index (κ1) is 13.3. The van der Waals surface area contributed by atoms with Crippen LogP contribution >= 0.6 is 27.3 Å². The lowest BCUT2D eigenvalue weighted by molar-refractivity contribution is 0.0607. The minimum Gasteiger partial charge on any atom is -0.465 e. The molecule has 0 aliphatic heterocycles. The van der Waals surface area contributed by atoms with Crippen LogP contribution in [0.15, 0.2) is 53.0 Å². The Morgan fingerprint density at radius 1 is 1.15 bits per heavy atom. The van der Waals surface area contributed by atoms with Crippen LogP contribution in [0.1, 0.15) is 9.67 Å². The van der Waals surface area contributed by atoms with Gasteiger partial charge in [-0.15, -0.1) is 11.3 Å². The summed E-state index contributed by atoms with van der Waals surface area (Å²) >= 11 is 4.96. The molecule has 0 saturated carbocycles. The van der Waals surface area contributed by atoms with Gasteiger partial charge in [0.1, 0.15) is 4.88 Å². The van der Waals surface area contributed by atoms with Crippen molar-refractivity contribution in [3.8, 4) is 11.1 Å². The molecule has 0 aliphatic carbocycles. The number of carbonyl (C=O) groups excluding carboxylic acids is 1. The quantitative estimate of drug-likeness (QED) is 0.602. The summed E-state index contributed by atoms with van der Waals surface area (Å²) in [5.74, 6) is -0.291. The summed E-state index contributed by atoms with van der Waals surface area (Å²) in [6, 6.07) is 16.0. The first-order chi connectivity index (χ1) is 9.70. The van der Waals surface area contributed by atoms with Crippen molar-refractivity contribution in [2.24, 2.45) is 0 Å². The monoisotopic (exact) mass is 346 g/mol. The molecule has 0 aliphatic rings. The Morgan fingerprint density at radius 2 is 1.90 bits per heavy atom. The molecule has 4 heteroatoms. The van der Waals surface area contributed by atoms with Gasteiger partial charge in [0, 0.05) is 20.1 Å². The molecule has 0 bridgehead atoms. The summed E-state index contributed by atoms with van der Waals surface area (Å²) in [5, 5.41) is 1.07. The SMILES string of the molecule is COC(=O)c1sc2ccc(Br)cc2c1-c1ccccc1. The number of hydrogen-bond acceptors (Lipinski definition) is 3. The van der Waals surface area contributed by atoms with Crippen molar-refractivity contribution in [3.63, 3.8) is 0 Å². The fraction of sp³-hybridized carbons (Fsp3) is 0.0625. The van der Waals surface area contributed by atoms with Gasteiger partial charge in [-0.1, -0.05) is 46.3 Å². The molecule has 0 radical (unpaired) electrons. The molecular weight excluding hydrogens is 336 g/mol. The lowest BCUT2D eigenvalue weighted by atomic mass is 10.0. The molecule has 100 valence electrons. The van der Waals surface area contributed by atoms with Crippen molar-refractivity contribution in [1.29, 1.82) is 0 Å². The third-order valence-corrected chi connectivity index (χ3v) is 4.73. The molecule has 0 amide bonds. The van der Waals surface area contributed by atoms with Crippen LogP contribution in [0.4, 0.5) is 0 Å². The predicted molar refractivity (Wildman–Crippen MR) is 86.3 cm³/mol. The Bertz CT molecular complexity index is 778. The number of fused-ring (bicyclic) bond motifs is 1. The van der Waals surface area contributed by atoms with Crippen molar-refractivity contribution < 1.29 is 9.53 Å².